The molecule has 6 heteroatoms. The zero-order chi connectivity index (χ0) is 15.3. The van der Waals surface area contributed by atoms with Gasteiger partial charge in [0, 0.05) is 22.9 Å². The molecule has 0 saturated heterocycles. The Morgan fingerprint density at radius 2 is 1.95 bits per heavy atom. The molecule has 0 heterocycles. The summed E-state index contributed by atoms with van der Waals surface area (Å²) in [6, 6.07) is 4.21. The lowest BCUT2D eigenvalue weighted by Crippen LogP contribution is -2.46. The van der Waals surface area contributed by atoms with Gasteiger partial charge in [-0.1, -0.05) is 43.1 Å². The first kappa shape index (κ1) is 16.8. The molecule has 110 valence electrons. The van der Waals surface area contributed by atoms with Gasteiger partial charge in [0.05, 0.1) is 0 Å². The molecule has 1 rings (SSSR count). The summed E-state index contributed by atoms with van der Waals surface area (Å²) in [5.41, 5.74) is 6.03. The summed E-state index contributed by atoms with van der Waals surface area (Å²) in [6.45, 7) is 3.85. The fourth-order valence-corrected chi connectivity index (χ4v) is 2.24. The summed E-state index contributed by atoms with van der Waals surface area (Å²) < 4.78 is 0. The second-order valence-electron chi connectivity index (χ2n) is 5.06. The van der Waals surface area contributed by atoms with Crippen LogP contribution >= 0.6 is 23.2 Å². The number of amides is 2. The van der Waals surface area contributed by atoms with Crippen molar-refractivity contribution in [2.75, 3.05) is 0 Å². The molecular weight excluding hydrogens is 299 g/mol. The lowest BCUT2D eigenvalue weighted by atomic mass is 10.0. The highest BCUT2D eigenvalue weighted by molar-refractivity contribution is 6.35. The Labute approximate surface area is 128 Å². The molecule has 0 fully saturated rings. The van der Waals surface area contributed by atoms with Gasteiger partial charge in [0.15, 0.2) is 0 Å². The number of halogens is 2. The summed E-state index contributed by atoms with van der Waals surface area (Å²) in [5, 5.41) is 3.59. The molecule has 20 heavy (non-hydrogen) atoms. The molecule has 0 saturated carbocycles. The number of rotatable bonds is 6. The summed E-state index contributed by atoms with van der Waals surface area (Å²) in [6.07, 6.45) is 0.591. The average Bonchev–Trinajstić information content (AvgIpc) is 2.30. The van der Waals surface area contributed by atoms with E-state index in [1.807, 2.05) is 13.8 Å². The highest BCUT2D eigenvalue weighted by Crippen LogP contribution is 2.22. The lowest BCUT2D eigenvalue weighted by molar-refractivity contribution is -0.127. The molecule has 0 bridgehead atoms. The molecule has 0 unspecified atom stereocenters. The SMILES string of the molecule is CC(C)CC(=O)N[C@@H](Cc1ccc(Cl)cc1Cl)C(N)=O. The standard InChI is InChI=1S/C14H18Cl2N2O2/c1-8(2)5-13(19)18-12(14(17)20)6-9-3-4-10(15)7-11(9)16/h3-4,7-8,12H,5-6H2,1-2H3,(H2,17,20)(H,18,19)/t12-/m0/s1. The number of benzene rings is 1. The van der Waals surface area contributed by atoms with E-state index in [9.17, 15) is 9.59 Å². The molecule has 0 spiro atoms. The maximum Gasteiger partial charge on any atom is 0.240 e. The molecule has 4 nitrogen and oxygen atoms in total. The minimum Gasteiger partial charge on any atom is -0.368 e. The van der Waals surface area contributed by atoms with Crippen LogP contribution in [0.15, 0.2) is 18.2 Å². The Morgan fingerprint density at radius 1 is 1.30 bits per heavy atom. The van der Waals surface area contributed by atoms with Gasteiger partial charge >= 0.3 is 0 Å². The van der Waals surface area contributed by atoms with Gasteiger partial charge < -0.3 is 11.1 Å². The van der Waals surface area contributed by atoms with E-state index in [2.05, 4.69) is 5.32 Å². The van der Waals surface area contributed by atoms with Gasteiger partial charge in [-0.2, -0.15) is 0 Å². The van der Waals surface area contributed by atoms with E-state index >= 15 is 0 Å². The van der Waals surface area contributed by atoms with E-state index in [1.165, 1.54) is 0 Å². The molecule has 0 radical (unpaired) electrons. The summed E-state index contributed by atoms with van der Waals surface area (Å²) >= 11 is 11.9. The van der Waals surface area contributed by atoms with Crippen molar-refractivity contribution < 1.29 is 9.59 Å². The summed E-state index contributed by atoms with van der Waals surface area (Å²) in [7, 11) is 0. The van der Waals surface area contributed by atoms with Crippen molar-refractivity contribution in [3.8, 4) is 0 Å². The Balaban J connectivity index is 2.77. The van der Waals surface area contributed by atoms with E-state index in [-0.39, 0.29) is 18.2 Å². The number of carbonyl (C=O) groups excluding carboxylic acids is 2. The van der Waals surface area contributed by atoms with Crippen LogP contribution < -0.4 is 11.1 Å². The van der Waals surface area contributed by atoms with Crippen molar-refractivity contribution in [3.05, 3.63) is 33.8 Å². The quantitative estimate of drug-likeness (QED) is 0.846. The fraction of sp³-hybridized carbons (Fsp3) is 0.429. The molecule has 1 aromatic rings. The number of carbonyl (C=O) groups is 2. The van der Waals surface area contributed by atoms with E-state index in [0.717, 1.165) is 0 Å². The van der Waals surface area contributed by atoms with Crippen molar-refractivity contribution in [1.29, 1.82) is 0 Å². The smallest absolute Gasteiger partial charge is 0.240 e. The van der Waals surface area contributed by atoms with Crippen LogP contribution in [0.5, 0.6) is 0 Å². The summed E-state index contributed by atoms with van der Waals surface area (Å²) in [5.74, 6) is -0.579. The third-order valence-electron chi connectivity index (χ3n) is 2.71. The molecule has 1 atom stereocenters. The zero-order valence-electron chi connectivity index (χ0n) is 11.5. The number of nitrogens with one attached hydrogen (secondary N) is 1. The van der Waals surface area contributed by atoms with Crippen LogP contribution in [0, 0.1) is 5.92 Å². The maximum atomic E-state index is 11.7. The molecular formula is C14H18Cl2N2O2. The number of nitrogens with two attached hydrogens (primary N) is 1. The number of hydrogen-bond acceptors (Lipinski definition) is 2. The largest absolute Gasteiger partial charge is 0.368 e. The summed E-state index contributed by atoms with van der Waals surface area (Å²) in [4.78, 5) is 23.2. The van der Waals surface area contributed by atoms with E-state index in [4.69, 9.17) is 28.9 Å². The fourth-order valence-electron chi connectivity index (χ4n) is 1.75. The first-order chi connectivity index (χ1) is 9.29. The van der Waals surface area contributed by atoms with Crippen molar-refractivity contribution in [3.63, 3.8) is 0 Å². The average molecular weight is 317 g/mol. The second-order valence-corrected chi connectivity index (χ2v) is 5.90. The van der Waals surface area contributed by atoms with Gasteiger partial charge in [0.2, 0.25) is 11.8 Å². The van der Waals surface area contributed by atoms with Gasteiger partial charge in [0.25, 0.3) is 0 Å². The molecule has 2 amide bonds. The Bertz CT molecular complexity index is 504. The van der Waals surface area contributed by atoms with Crippen LogP contribution in [0.25, 0.3) is 0 Å². The molecule has 0 aromatic heterocycles. The minimum atomic E-state index is -0.778. The Morgan fingerprint density at radius 3 is 2.45 bits per heavy atom. The lowest BCUT2D eigenvalue weighted by Gasteiger charge is -2.17. The minimum absolute atomic E-state index is 0.200. The Hall–Kier alpha value is -1.26. The van der Waals surface area contributed by atoms with Crippen molar-refractivity contribution in [2.45, 2.75) is 32.7 Å². The van der Waals surface area contributed by atoms with Crippen LogP contribution in [-0.2, 0) is 16.0 Å². The molecule has 0 aliphatic heterocycles. The molecule has 0 aliphatic rings. The first-order valence-corrected chi connectivity index (χ1v) is 7.07. The monoisotopic (exact) mass is 316 g/mol. The van der Waals surface area contributed by atoms with Crippen LogP contribution in [-0.4, -0.2) is 17.9 Å². The highest BCUT2D eigenvalue weighted by Gasteiger charge is 2.20. The molecule has 0 aliphatic carbocycles. The third kappa shape index (κ3) is 5.39. The number of hydrogen-bond donors (Lipinski definition) is 2. The van der Waals surface area contributed by atoms with Gasteiger partial charge in [-0.25, -0.2) is 0 Å². The highest BCUT2D eigenvalue weighted by atomic mass is 35.5. The van der Waals surface area contributed by atoms with E-state index < -0.39 is 11.9 Å². The number of primary amides is 1. The first-order valence-electron chi connectivity index (χ1n) is 6.32. The van der Waals surface area contributed by atoms with Crippen molar-refractivity contribution in [1.82, 2.24) is 5.32 Å². The van der Waals surface area contributed by atoms with Crippen LogP contribution in [0.1, 0.15) is 25.8 Å². The normalized spacial score (nSPS) is 12.2. The zero-order valence-corrected chi connectivity index (χ0v) is 13.0. The van der Waals surface area contributed by atoms with Gasteiger partial charge in [-0.15, -0.1) is 0 Å². The van der Waals surface area contributed by atoms with Gasteiger partial charge in [-0.3, -0.25) is 9.59 Å². The topological polar surface area (TPSA) is 72.2 Å². The predicted octanol–water partition coefficient (Wildman–Crippen LogP) is 2.55. The van der Waals surface area contributed by atoms with Gasteiger partial charge in [0.1, 0.15) is 6.04 Å². The third-order valence-corrected chi connectivity index (χ3v) is 3.30. The van der Waals surface area contributed by atoms with E-state index in [1.54, 1.807) is 18.2 Å². The molecule has 3 N–H and O–H groups in total. The van der Waals surface area contributed by atoms with Crippen LogP contribution in [0.3, 0.4) is 0 Å². The van der Waals surface area contributed by atoms with Crippen LogP contribution in [0.4, 0.5) is 0 Å². The van der Waals surface area contributed by atoms with Crippen molar-refractivity contribution >= 4 is 35.0 Å². The second kappa shape index (κ2) is 7.50. The van der Waals surface area contributed by atoms with Crippen molar-refractivity contribution in [2.24, 2.45) is 11.7 Å². The van der Waals surface area contributed by atoms with E-state index in [0.29, 0.717) is 22.0 Å². The Kier molecular flexibility index (Phi) is 6.30. The predicted molar refractivity (Wildman–Crippen MR) is 80.7 cm³/mol. The van der Waals surface area contributed by atoms with Gasteiger partial charge in [-0.05, 0) is 23.6 Å². The van der Waals surface area contributed by atoms with Crippen LogP contribution in [0.2, 0.25) is 10.0 Å². The molecule has 1 aromatic carbocycles. The maximum absolute atomic E-state index is 11.7.